The molecular formula is C10H16ClN5O2. The first kappa shape index (κ1) is 14.4. The van der Waals surface area contributed by atoms with Gasteiger partial charge in [-0.15, -0.1) is 0 Å². The molecule has 7 nitrogen and oxygen atoms in total. The Morgan fingerprint density at radius 1 is 1.44 bits per heavy atom. The van der Waals surface area contributed by atoms with Gasteiger partial charge in [-0.3, -0.25) is 0 Å². The average Bonchev–Trinajstić information content (AvgIpc) is 2.28. The van der Waals surface area contributed by atoms with Gasteiger partial charge in [0, 0.05) is 14.1 Å². The summed E-state index contributed by atoms with van der Waals surface area (Å²) in [6.45, 7) is 3.73. The zero-order chi connectivity index (χ0) is 13.7. The van der Waals surface area contributed by atoms with Gasteiger partial charge in [0.25, 0.3) is 0 Å². The summed E-state index contributed by atoms with van der Waals surface area (Å²) in [6, 6.07) is -0.557. The molecule has 0 aliphatic heterocycles. The highest BCUT2D eigenvalue weighted by Crippen LogP contribution is 2.12. The molecule has 1 rings (SSSR count). The molecule has 0 aromatic carbocycles. The molecule has 18 heavy (non-hydrogen) atoms. The molecule has 8 heteroatoms. The lowest BCUT2D eigenvalue weighted by atomic mass is 10.3. The summed E-state index contributed by atoms with van der Waals surface area (Å²) in [5.74, 6) is 0.272. The van der Waals surface area contributed by atoms with Gasteiger partial charge in [-0.05, 0) is 25.4 Å². The monoisotopic (exact) mass is 273 g/mol. The van der Waals surface area contributed by atoms with Crippen LogP contribution in [0.15, 0.2) is 0 Å². The fraction of sp³-hybridized carbons (Fsp3) is 0.600. The first-order valence-corrected chi connectivity index (χ1v) is 5.84. The molecule has 0 fully saturated rings. The average molecular weight is 274 g/mol. The highest BCUT2D eigenvalue weighted by Gasteiger charge is 2.16. The first-order valence-electron chi connectivity index (χ1n) is 5.46. The van der Waals surface area contributed by atoms with Crippen LogP contribution in [-0.2, 0) is 9.53 Å². The Balaban J connectivity index is 2.81. The van der Waals surface area contributed by atoms with Crippen LogP contribution in [0.5, 0.6) is 0 Å². The van der Waals surface area contributed by atoms with Gasteiger partial charge in [0.1, 0.15) is 6.04 Å². The van der Waals surface area contributed by atoms with Crippen molar-refractivity contribution < 1.29 is 9.53 Å². The van der Waals surface area contributed by atoms with Crippen molar-refractivity contribution in [3.8, 4) is 0 Å². The molecule has 1 heterocycles. The van der Waals surface area contributed by atoms with Crippen LogP contribution < -0.4 is 10.2 Å². The Morgan fingerprint density at radius 2 is 2.11 bits per heavy atom. The van der Waals surface area contributed by atoms with E-state index < -0.39 is 6.04 Å². The third kappa shape index (κ3) is 3.99. The van der Waals surface area contributed by atoms with Gasteiger partial charge in [0.2, 0.25) is 17.2 Å². The first-order chi connectivity index (χ1) is 8.43. The molecule has 0 aliphatic rings. The molecule has 1 unspecified atom stereocenters. The number of anilines is 2. The van der Waals surface area contributed by atoms with E-state index in [4.69, 9.17) is 16.3 Å². The minimum Gasteiger partial charge on any atom is -0.464 e. The fourth-order valence-electron chi connectivity index (χ4n) is 1.12. The van der Waals surface area contributed by atoms with Crippen molar-refractivity contribution in [1.29, 1.82) is 0 Å². The van der Waals surface area contributed by atoms with E-state index >= 15 is 0 Å². The molecule has 1 aromatic heterocycles. The number of hydrogen-bond donors (Lipinski definition) is 1. The lowest BCUT2D eigenvalue weighted by molar-refractivity contribution is -0.143. The SMILES string of the molecule is CCOC(=O)C(C)Nc1nc(Cl)nc(N(C)C)n1. The van der Waals surface area contributed by atoms with Gasteiger partial charge in [-0.1, -0.05) is 0 Å². The molecule has 0 spiro atoms. The maximum Gasteiger partial charge on any atom is 0.328 e. The number of aromatic nitrogens is 3. The zero-order valence-electron chi connectivity index (χ0n) is 10.8. The van der Waals surface area contributed by atoms with E-state index in [9.17, 15) is 4.79 Å². The zero-order valence-corrected chi connectivity index (χ0v) is 11.5. The van der Waals surface area contributed by atoms with Crippen molar-refractivity contribution in [2.75, 3.05) is 30.9 Å². The molecular weight excluding hydrogens is 258 g/mol. The third-order valence-corrected chi connectivity index (χ3v) is 2.15. The van der Waals surface area contributed by atoms with Crippen molar-refractivity contribution in [3.05, 3.63) is 5.28 Å². The summed E-state index contributed by atoms with van der Waals surface area (Å²) < 4.78 is 4.87. The molecule has 100 valence electrons. The minimum absolute atomic E-state index is 0.0623. The number of esters is 1. The summed E-state index contributed by atoms with van der Waals surface area (Å²) in [5.41, 5.74) is 0. The largest absolute Gasteiger partial charge is 0.464 e. The molecule has 0 saturated heterocycles. The number of ether oxygens (including phenoxy) is 1. The van der Waals surface area contributed by atoms with Crippen LogP contribution in [0.1, 0.15) is 13.8 Å². The van der Waals surface area contributed by atoms with Crippen LogP contribution in [0.2, 0.25) is 5.28 Å². The quantitative estimate of drug-likeness (QED) is 0.800. The predicted octanol–water partition coefficient (Wildman–Crippen LogP) is 0.954. The van der Waals surface area contributed by atoms with Gasteiger partial charge in [-0.2, -0.15) is 15.0 Å². The van der Waals surface area contributed by atoms with Crippen LogP contribution in [0.3, 0.4) is 0 Å². The smallest absolute Gasteiger partial charge is 0.328 e. The van der Waals surface area contributed by atoms with E-state index in [1.54, 1.807) is 32.8 Å². The highest BCUT2D eigenvalue weighted by molar-refractivity contribution is 6.28. The van der Waals surface area contributed by atoms with E-state index in [0.717, 1.165) is 0 Å². The van der Waals surface area contributed by atoms with Crippen LogP contribution >= 0.6 is 11.6 Å². The van der Waals surface area contributed by atoms with E-state index in [-0.39, 0.29) is 17.2 Å². The molecule has 0 radical (unpaired) electrons. The van der Waals surface area contributed by atoms with Crippen LogP contribution in [0, 0.1) is 0 Å². The van der Waals surface area contributed by atoms with Crippen LogP contribution in [0.4, 0.5) is 11.9 Å². The number of nitrogens with zero attached hydrogens (tertiary/aromatic N) is 4. The van der Waals surface area contributed by atoms with Crippen molar-refractivity contribution in [3.63, 3.8) is 0 Å². The van der Waals surface area contributed by atoms with E-state index in [2.05, 4.69) is 20.3 Å². The van der Waals surface area contributed by atoms with Gasteiger partial charge < -0.3 is 15.0 Å². The lowest BCUT2D eigenvalue weighted by Gasteiger charge is -2.14. The Bertz CT molecular complexity index is 427. The second kappa shape index (κ2) is 6.34. The number of nitrogens with one attached hydrogen (secondary N) is 1. The Hall–Kier alpha value is -1.63. The second-order valence-corrected chi connectivity index (χ2v) is 4.08. The van der Waals surface area contributed by atoms with E-state index in [0.29, 0.717) is 12.6 Å². The van der Waals surface area contributed by atoms with Crippen molar-refractivity contribution in [2.24, 2.45) is 0 Å². The van der Waals surface area contributed by atoms with E-state index in [1.165, 1.54) is 0 Å². The Kier molecular flexibility index (Phi) is 5.08. The molecule has 1 atom stereocenters. The number of rotatable bonds is 5. The van der Waals surface area contributed by atoms with Crippen molar-refractivity contribution in [1.82, 2.24) is 15.0 Å². The summed E-state index contributed by atoms with van der Waals surface area (Å²) in [7, 11) is 3.56. The van der Waals surface area contributed by atoms with E-state index in [1.807, 2.05) is 0 Å². The summed E-state index contributed by atoms with van der Waals surface area (Å²) in [4.78, 5) is 25.1. The van der Waals surface area contributed by atoms with Gasteiger partial charge in [0.15, 0.2) is 0 Å². The standard InChI is InChI=1S/C10H16ClN5O2/c1-5-18-7(17)6(2)12-9-13-8(11)14-10(15-9)16(3)4/h6H,5H2,1-4H3,(H,12,13,14,15). The lowest BCUT2D eigenvalue weighted by Crippen LogP contribution is -2.29. The maximum atomic E-state index is 11.5. The summed E-state index contributed by atoms with van der Waals surface area (Å²) >= 11 is 5.77. The molecule has 0 saturated carbocycles. The number of carbonyl (C=O) groups excluding carboxylic acids is 1. The van der Waals surface area contributed by atoms with Crippen LogP contribution in [-0.4, -0.2) is 47.7 Å². The highest BCUT2D eigenvalue weighted by atomic mass is 35.5. The molecule has 0 aliphatic carbocycles. The summed E-state index contributed by atoms with van der Waals surface area (Å²) in [5, 5.41) is 2.88. The summed E-state index contributed by atoms with van der Waals surface area (Å²) in [6.07, 6.45) is 0. The number of hydrogen-bond acceptors (Lipinski definition) is 7. The van der Waals surface area contributed by atoms with Crippen molar-refractivity contribution >= 4 is 29.5 Å². The molecule has 0 bridgehead atoms. The number of carbonyl (C=O) groups is 1. The second-order valence-electron chi connectivity index (χ2n) is 3.74. The number of halogens is 1. The van der Waals surface area contributed by atoms with Crippen LogP contribution in [0.25, 0.3) is 0 Å². The normalized spacial score (nSPS) is 11.8. The molecule has 1 aromatic rings. The third-order valence-electron chi connectivity index (χ3n) is 1.98. The van der Waals surface area contributed by atoms with Gasteiger partial charge in [0.05, 0.1) is 6.61 Å². The minimum atomic E-state index is -0.557. The molecule has 1 N–H and O–H groups in total. The maximum absolute atomic E-state index is 11.5. The fourth-order valence-corrected chi connectivity index (χ4v) is 1.28. The molecule has 0 amide bonds. The van der Waals surface area contributed by atoms with Gasteiger partial charge in [-0.25, -0.2) is 4.79 Å². The Labute approximate surface area is 111 Å². The predicted molar refractivity (Wildman–Crippen MR) is 68.9 cm³/mol. The van der Waals surface area contributed by atoms with Crippen molar-refractivity contribution in [2.45, 2.75) is 19.9 Å². The van der Waals surface area contributed by atoms with Gasteiger partial charge >= 0.3 is 5.97 Å². The Morgan fingerprint density at radius 3 is 2.67 bits per heavy atom. The topological polar surface area (TPSA) is 80.2 Å².